The molecule has 0 aromatic carbocycles. The summed E-state index contributed by atoms with van der Waals surface area (Å²) in [4.78, 5) is 11.1. The van der Waals surface area contributed by atoms with Crippen LogP contribution >= 0.6 is 0 Å². The maximum absolute atomic E-state index is 11.1. The van der Waals surface area contributed by atoms with E-state index in [0.717, 1.165) is 11.3 Å². The number of rotatable bonds is 2. The minimum atomic E-state index is -0.703. The van der Waals surface area contributed by atoms with Crippen LogP contribution in [-0.4, -0.2) is 20.9 Å². The van der Waals surface area contributed by atoms with Crippen LogP contribution < -0.4 is 0 Å². The van der Waals surface area contributed by atoms with Crippen molar-refractivity contribution in [2.75, 3.05) is 0 Å². The molecular formula is C11H16N2O2. The molecule has 82 valence electrons. The lowest BCUT2D eigenvalue weighted by atomic mass is 10.1. The quantitative estimate of drug-likeness (QED) is 0.802. The highest BCUT2D eigenvalue weighted by molar-refractivity contribution is 5.77. The third-order valence-electron chi connectivity index (χ3n) is 3.57. The first-order chi connectivity index (χ1) is 6.87. The van der Waals surface area contributed by atoms with Gasteiger partial charge in [-0.1, -0.05) is 13.8 Å². The van der Waals surface area contributed by atoms with E-state index in [4.69, 9.17) is 5.11 Å². The van der Waals surface area contributed by atoms with E-state index in [1.54, 1.807) is 10.9 Å². The Hall–Kier alpha value is -1.32. The predicted octanol–water partition coefficient (Wildman–Crippen LogP) is 1.55. The van der Waals surface area contributed by atoms with Crippen LogP contribution in [0.25, 0.3) is 0 Å². The fraction of sp³-hybridized carbons (Fsp3) is 0.636. The second-order valence-electron chi connectivity index (χ2n) is 4.95. The molecule has 15 heavy (non-hydrogen) atoms. The number of aliphatic carboxylic acids is 1. The highest BCUT2D eigenvalue weighted by Crippen LogP contribution is 2.64. The lowest BCUT2D eigenvalue weighted by Crippen LogP contribution is -2.04. The van der Waals surface area contributed by atoms with E-state index in [0.29, 0.717) is 0 Å². The molecule has 1 aromatic rings. The molecule has 1 aliphatic rings. The zero-order chi connectivity index (χ0) is 11.4. The monoisotopic (exact) mass is 208 g/mol. The molecule has 1 fully saturated rings. The number of hydrogen-bond acceptors (Lipinski definition) is 2. The van der Waals surface area contributed by atoms with Gasteiger partial charge in [0.2, 0.25) is 0 Å². The third kappa shape index (κ3) is 1.28. The number of aromatic nitrogens is 2. The van der Waals surface area contributed by atoms with Crippen molar-refractivity contribution in [1.82, 2.24) is 9.78 Å². The second-order valence-corrected chi connectivity index (χ2v) is 4.95. The summed E-state index contributed by atoms with van der Waals surface area (Å²) in [5, 5.41) is 13.3. The van der Waals surface area contributed by atoms with Crippen LogP contribution in [0, 0.1) is 18.3 Å². The molecule has 0 aliphatic heterocycles. The largest absolute Gasteiger partial charge is 0.481 e. The zero-order valence-corrected chi connectivity index (χ0v) is 9.48. The molecule has 0 saturated heterocycles. The van der Waals surface area contributed by atoms with Gasteiger partial charge in [0.15, 0.2) is 0 Å². The summed E-state index contributed by atoms with van der Waals surface area (Å²) < 4.78 is 1.80. The first kappa shape index (κ1) is 10.2. The Bertz CT molecular complexity index is 401. The lowest BCUT2D eigenvalue weighted by molar-refractivity contribution is -0.139. The van der Waals surface area contributed by atoms with E-state index in [2.05, 4.69) is 5.10 Å². The Kier molecular flexibility index (Phi) is 1.93. The van der Waals surface area contributed by atoms with E-state index >= 15 is 0 Å². The van der Waals surface area contributed by atoms with Crippen molar-refractivity contribution >= 4 is 5.97 Å². The summed E-state index contributed by atoms with van der Waals surface area (Å²) in [6.45, 7) is 5.99. The standard InChI is InChI=1S/C11H16N2O2/c1-6-5-12-13(4)9(6)7-8(10(14)15)11(7,2)3/h5,7-8H,1-4H3,(H,14,15). The smallest absolute Gasteiger partial charge is 0.307 e. The van der Waals surface area contributed by atoms with Crippen LogP contribution in [0.5, 0.6) is 0 Å². The van der Waals surface area contributed by atoms with Gasteiger partial charge in [-0.05, 0) is 17.9 Å². The van der Waals surface area contributed by atoms with E-state index in [-0.39, 0.29) is 17.3 Å². The maximum Gasteiger partial charge on any atom is 0.307 e. The summed E-state index contributed by atoms with van der Waals surface area (Å²) in [6.07, 6.45) is 1.79. The average Bonchev–Trinajstić information content (AvgIpc) is 2.50. The molecule has 4 heteroatoms. The molecule has 1 aromatic heterocycles. The molecular weight excluding hydrogens is 192 g/mol. The minimum absolute atomic E-state index is 0.0995. The number of hydrogen-bond donors (Lipinski definition) is 1. The van der Waals surface area contributed by atoms with Crippen LogP contribution in [-0.2, 0) is 11.8 Å². The third-order valence-corrected chi connectivity index (χ3v) is 3.57. The van der Waals surface area contributed by atoms with Gasteiger partial charge in [-0.3, -0.25) is 9.48 Å². The van der Waals surface area contributed by atoms with Crippen molar-refractivity contribution in [2.45, 2.75) is 26.7 Å². The molecule has 0 spiro atoms. The van der Waals surface area contributed by atoms with Gasteiger partial charge in [-0.15, -0.1) is 0 Å². The van der Waals surface area contributed by atoms with E-state index in [9.17, 15) is 4.79 Å². The summed E-state index contributed by atoms with van der Waals surface area (Å²) in [5.41, 5.74) is 2.00. The van der Waals surface area contributed by atoms with Gasteiger partial charge in [0.25, 0.3) is 0 Å². The van der Waals surface area contributed by atoms with Crippen molar-refractivity contribution in [3.63, 3.8) is 0 Å². The number of aryl methyl sites for hydroxylation is 2. The summed E-state index contributed by atoms with van der Waals surface area (Å²) >= 11 is 0. The van der Waals surface area contributed by atoms with Gasteiger partial charge < -0.3 is 5.11 Å². The molecule has 2 unspecified atom stereocenters. The Morgan fingerprint density at radius 1 is 1.60 bits per heavy atom. The number of nitrogens with zero attached hydrogens (tertiary/aromatic N) is 2. The van der Waals surface area contributed by atoms with Gasteiger partial charge in [0.05, 0.1) is 12.1 Å². The number of carboxylic acids is 1. The molecule has 1 aliphatic carbocycles. The Balaban J connectivity index is 2.39. The van der Waals surface area contributed by atoms with Crippen LogP contribution in [0.2, 0.25) is 0 Å². The average molecular weight is 208 g/mol. The molecule has 0 radical (unpaired) electrons. The topological polar surface area (TPSA) is 55.1 Å². The van der Waals surface area contributed by atoms with Gasteiger partial charge >= 0.3 is 5.97 Å². The summed E-state index contributed by atoms with van der Waals surface area (Å²) in [6, 6.07) is 0. The maximum atomic E-state index is 11.1. The molecule has 4 nitrogen and oxygen atoms in total. The number of carbonyl (C=O) groups is 1. The van der Waals surface area contributed by atoms with Crippen molar-refractivity contribution in [3.8, 4) is 0 Å². The minimum Gasteiger partial charge on any atom is -0.481 e. The summed E-state index contributed by atoms with van der Waals surface area (Å²) in [5.74, 6) is -0.875. The fourth-order valence-corrected chi connectivity index (χ4v) is 2.61. The number of carboxylic acid groups (broad SMARTS) is 1. The zero-order valence-electron chi connectivity index (χ0n) is 9.48. The lowest BCUT2D eigenvalue weighted by Gasteiger charge is -2.04. The molecule has 2 rings (SSSR count). The fourth-order valence-electron chi connectivity index (χ4n) is 2.61. The molecule has 0 amide bonds. The van der Waals surface area contributed by atoms with Crippen molar-refractivity contribution in [1.29, 1.82) is 0 Å². The van der Waals surface area contributed by atoms with Gasteiger partial charge in [0, 0.05) is 18.7 Å². The van der Waals surface area contributed by atoms with Gasteiger partial charge in [0.1, 0.15) is 0 Å². The molecule has 1 N–H and O–H groups in total. The second kappa shape index (κ2) is 2.84. The first-order valence-electron chi connectivity index (χ1n) is 5.08. The van der Waals surface area contributed by atoms with E-state index in [1.165, 1.54) is 0 Å². The molecule has 0 bridgehead atoms. The van der Waals surface area contributed by atoms with Crippen LogP contribution in [0.3, 0.4) is 0 Å². The van der Waals surface area contributed by atoms with Crippen LogP contribution in [0.4, 0.5) is 0 Å². The van der Waals surface area contributed by atoms with E-state index < -0.39 is 5.97 Å². The van der Waals surface area contributed by atoms with Crippen LogP contribution in [0.1, 0.15) is 31.0 Å². The van der Waals surface area contributed by atoms with Crippen molar-refractivity contribution in [2.24, 2.45) is 18.4 Å². The van der Waals surface area contributed by atoms with Gasteiger partial charge in [-0.2, -0.15) is 5.10 Å². The van der Waals surface area contributed by atoms with Gasteiger partial charge in [-0.25, -0.2) is 0 Å². The Labute approximate surface area is 88.9 Å². The highest BCUT2D eigenvalue weighted by Gasteiger charge is 2.64. The first-order valence-corrected chi connectivity index (χ1v) is 5.08. The Morgan fingerprint density at radius 2 is 2.20 bits per heavy atom. The van der Waals surface area contributed by atoms with Crippen molar-refractivity contribution < 1.29 is 9.90 Å². The molecule has 2 atom stereocenters. The predicted molar refractivity (Wildman–Crippen MR) is 55.6 cm³/mol. The molecule has 1 heterocycles. The normalized spacial score (nSPS) is 27.7. The molecule has 1 saturated carbocycles. The SMILES string of the molecule is Cc1cnn(C)c1C1C(C(=O)O)C1(C)C. The van der Waals surface area contributed by atoms with E-state index in [1.807, 2.05) is 27.8 Å². The van der Waals surface area contributed by atoms with Crippen LogP contribution in [0.15, 0.2) is 6.20 Å². The highest BCUT2D eigenvalue weighted by atomic mass is 16.4. The summed E-state index contributed by atoms with van der Waals surface area (Å²) in [7, 11) is 1.87. The Morgan fingerprint density at radius 3 is 2.53 bits per heavy atom. The van der Waals surface area contributed by atoms with Crippen molar-refractivity contribution in [3.05, 3.63) is 17.5 Å².